The predicted octanol–water partition coefficient (Wildman–Crippen LogP) is 4.82. The Kier molecular flexibility index (Phi) is 5.31. The number of aliphatic hydroxyl groups excluding tert-OH is 1. The number of benzene rings is 2. The van der Waals surface area contributed by atoms with Crippen LogP contribution in [-0.2, 0) is 16.4 Å². The lowest BCUT2D eigenvalue weighted by Gasteiger charge is -2.08. The van der Waals surface area contributed by atoms with Gasteiger partial charge < -0.3 is 5.11 Å². The molecule has 0 aliphatic rings. The molecule has 29 heavy (non-hydrogen) atoms. The smallest absolute Gasteiger partial charge is 0.175 e. The molecule has 8 heteroatoms. The van der Waals surface area contributed by atoms with E-state index in [-0.39, 0.29) is 11.5 Å². The third-order valence-corrected chi connectivity index (χ3v) is 6.99. The van der Waals surface area contributed by atoms with E-state index < -0.39 is 9.84 Å². The quantitative estimate of drug-likeness (QED) is 0.479. The lowest BCUT2D eigenvalue weighted by atomic mass is 10.2. The van der Waals surface area contributed by atoms with Gasteiger partial charge >= 0.3 is 0 Å². The molecule has 0 atom stereocenters. The molecule has 0 amide bonds. The fraction of sp³-hybridized carbons (Fsp3) is 0.0952. The third-order valence-electron chi connectivity index (χ3n) is 4.41. The first-order chi connectivity index (χ1) is 13.9. The van der Waals surface area contributed by atoms with Gasteiger partial charge in [0, 0.05) is 11.1 Å². The number of sulfone groups is 1. The first-order valence-electron chi connectivity index (χ1n) is 8.72. The average molecular weight is 445 g/mol. The molecule has 0 unspecified atom stereocenters. The second kappa shape index (κ2) is 7.76. The van der Waals surface area contributed by atoms with Gasteiger partial charge in [-0.3, -0.25) is 0 Å². The van der Waals surface area contributed by atoms with Crippen LogP contribution in [0.4, 0.5) is 0 Å². The van der Waals surface area contributed by atoms with Gasteiger partial charge in [0.2, 0.25) is 0 Å². The largest absolute Gasteiger partial charge is 0.390 e. The number of rotatable bonds is 5. The number of aliphatic hydroxyl groups is 1. The predicted molar refractivity (Wildman–Crippen MR) is 116 cm³/mol. The Morgan fingerprint density at radius 3 is 2.52 bits per heavy atom. The zero-order chi connectivity index (χ0) is 20.6. The lowest BCUT2D eigenvalue weighted by Crippen LogP contribution is -1.99. The fourth-order valence-corrected chi connectivity index (χ4v) is 4.89. The number of para-hydroxylation sites is 1. The summed E-state index contributed by atoms with van der Waals surface area (Å²) in [5.41, 5.74) is 2.89. The van der Waals surface area contributed by atoms with Gasteiger partial charge in [-0.15, -0.1) is 11.3 Å². The minimum absolute atomic E-state index is 0.181. The summed E-state index contributed by atoms with van der Waals surface area (Å²) in [6.07, 6.45) is 1.20. The second-order valence-corrected chi connectivity index (χ2v) is 10.0. The number of aromatic nitrogens is 2. The summed E-state index contributed by atoms with van der Waals surface area (Å²) in [5.74, 6) is 0. The Labute approximate surface area is 177 Å². The van der Waals surface area contributed by atoms with E-state index in [2.05, 4.69) is 5.10 Å². The number of hydrogen-bond donors (Lipinski definition) is 1. The normalized spacial score (nSPS) is 11.7. The van der Waals surface area contributed by atoms with E-state index >= 15 is 0 Å². The molecule has 2 aromatic heterocycles. The lowest BCUT2D eigenvalue weighted by molar-refractivity contribution is 0.276. The molecule has 148 valence electrons. The minimum atomic E-state index is -3.28. The first-order valence-corrected chi connectivity index (χ1v) is 11.8. The van der Waals surface area contributed by atoms with E-state index in [4.69, 9.17) is 11.6 Å². The number of halogens is 1. The second-order valence-electron chi connectivity index (χ2n) is 6.51. The van der Waals surface area contributed by atoms with Gasteiger partial charge in [0.25, 0.3) is 0 Å². The van der Waals surface area contributed by atoms with E-state index in [1.807, 2.05) is 42.5 Å². The molecular formula is C21H17ClN2O3S2. The Morgan fingerprint density at radius 1 is 1.03 bits per heavy atom. The van der Waals surface area contributed by atoms with Crippen molar-refractivity contribution in [2.45, 2.75) is 11.5 Å². The maximum Gasteiger partial charge on any atom is 0.175 e. The average Bonchev–Trinajstić information content (AvgIpc) is 3.35. The van der Waals surface area contributed by atoms with Crippen molar-refractivity contribution in [2.75, 3.05) is 6.26 Å². The molecule has 0 spiro atoms. The molecule has 0 radical (unpaired) electrons. The van der Waals surface area contributed by atoms with Crippen molar-refractivity contribution in [1.82, 2.24) is 9.78 Å². The summed E-state index contributed by atoms with van der Waals surface area (Å²) in [6.45, 7) is -0.181. The summed E-state index contributed by atoms with van der Waals surface area (Å²) in [4.78, 5) is 2.15. The molecule has 5 nitrogen and oxygen atoms in total. The molecule has 0 bridgehead atoms. The van der Waals surface area contributed by atoms with Crippen LogP contribution >= 0.6 is 22.9 Å². The van der Waals surface area contributed by atoms with Crippen LogP contribution in [0.25, 0.3) is 26.7 Å². The Bertz CT molecular complexity index is 1290. The molecule has 1 N–H and O–H groups in total. The summed E-state index contributed by atoms with van der Waals surface area (Å²) >= 11 is 7.87. The van der Waals surface area contributed by atoms with Crippen LogP contribution < -0.4 is 0 Å². The van der Waals surface area contributed by atoms with E-state index in [1.54, 1.807) is 28.9 Å². The molecule has 0 saturated carbocycles. The van der Waals surface area contributed by atoms with Crippen molar-refractivity contribution in [3.05, 3.63) is 77.4 Å². The fourth-order valence-electron chi connectivity index (χ4n) is 3.00. The molecule has 0 aliphatic carbocycles. The highest BCUT2D eigenvalue weighted by Gasteiger charge is 2.16. The zero-order valence-corrected chi connectivity index (χ0v) is 17.8. The van der Waals surface area contributed by atoms with Gasteiger partial charge in [-0.05, 0) is 48.0 Å². The first kappa shape index (κ1) is 19.8. The molecule has 2 heterocycles. The summed E-state index contributed by atoms with van der Waals surface area (Å²) in [7, 11) is -3.28. The SMILES string of the molecule is CS(=O)(=O)c1cccc(-c2ccc(-c3cc(CO)nn3-c3ccccc3Cl)s2)c1. The van der Waals surface area contributed by atoms with Crippen LogP contribution in [0.1, 0.15) is 5.69 Å². The van der Waals surface area contributed by atoms with Crippen molar-refractivity contribution in [1.29, 1.82) is 0 Å². The van der Waals surface area contributed by atoms with Crippen LogP contribution in [0, 0.1) is 0 Å². The molecule has 0 aliphatic heterocycles. The zero-order valence-electron chi connectivity index (χ0n) is 15.4. The number of thiophene rings is 1. The minimum Gasteiger partial charge on any atom is -0.390 e. The van der Waals surface area contributed by atoms with Crippen molar-refractivity contribution >= 4 is 32.8 Å². The molecule has 2 aromatic carbocycles. The van der Waals surface area contributed by atoms with Crippen molar-refractivity contribution in [3.63, 3.8) is 0 Å². The van der Waals surface area contributed by atoms with Crippen LogP contribution in [0.5, 0.6) is 0 Å². The highest BCUT2D eigenvalue weighted by atomic mass is 35.5. The number of nitrogens with zero attached hydrogens (tertiary/aromatic N) is 2. The van der Waals surface area contributed by atoms with E-state index in [9.17, 15) is 13.5 Å². The van der Waals surface area contributed by atoms with Crippen molar-refractivity contribution < 1.29 is 13.5 Å². The van der Waals surface area contributed by atoms with Gasteiger partial charge in [0.15, 0.2) is 9.84 Å². The van der Waals surface area contributed by atoms with Crippen LogP contribution in [-0.4, -0.2) is 29.6 Å². The van der Waals surface area contributed by atoms with Crippen molar-refractivity contribution in [2.24, 2.45) is 0 Å². The van der Waals surface area contributed by atoms with Crippen LogP contribution in [0.15, 0.2) is 71.6 Å². The highest BCUT2D eigenvalue weighted by Crippen LogP contribution is 2.37. The van der Waals surface area contributed by atoms with Gasteiger partial charge in [-0.1, -0.05) is 35.9 Å². The van der Waals surface area contributed by atoms with Crippen molar-refractivity contribution in [3.8, 4) is 26.7 Å². The molecule has 4 rings (SSSR count). The van der Waals surface area contributed by atoms with Crippen LogP contribution in [0.3, 0.4) is 0 Å². The van der Waals surface area contributed by atoms with Crippen LogP contribution in [0.2, 0.25) is 5.02 Å². The Balaban J connectivity index is 1.80. The van der Waals surface area contributed by atoms with Gasteiger partial charge in [-0.2, -0.15) is 5.10 Å². The van der Waals surface area contributed by atoms with Gasteiger partial charge in [0.05, 0.1) is 38.5 Å². The standard InChI is InChI=1S/C21H17ClN2O3S2/c1-29(26,27)16-6-4-5-14(11-16)20-9-10-21(28-20)19-12-15(13-25)23-24(19)18-8-3-2-7-17(18)22/h2-12,25H,13H2,1H3. The monoisotopic (exact) mass is 444 g/mol. The molecule has 0 fully saturated rings. The maximum atomic E-state index is 11.9. The van der Waals surface area contributed by atoms with E-state index in [1.165, 1.54) is 17.6 Å². The molecule has 0 saturated heterocycles. The number of hydrogen-bond acceptors (Lipinski definition) is 5. The van der Waals surface area contributed by atoms with E-state index in [0.717, 1.165) is 26.7 Å². The topological polar surface area (TPSA) is 72.2 Å². The Hall–Kier alpha value is -2.45. The highest BCUT2D eigenvalue weighted by molar-refractivity contribution is 7.90. The van der Waals surface area contributed by atoms with Gasteiger partial charge in [0.1, 0.15) is 0 Å². The Morgan fingerprint density at radius 2 is 1.79 bits per heavy atom. The third kappa shape index (κ3) is 4.00. The maximum absolute atomic E-state index is 11.9. The molecular weight excluding hydrogens is 428 g/mol. The summed E-state index contributed by atoms with van der Waals surface area (Å²) in [5, 5.41) is 14.6. The summed E-state index contributed by atoms with van der Waals surface area (Å²) < 4.78 is 25.5. The summed E-state index contributed by atoms with van der Waals surface area (Å²) in [6, 6.07) is 20.0. The molecule has 4 aromatic rings. The van der Waals surface area contributed by atoms with E-state index in [0.29, 0.717) is 10.7 Å². The van der Waals surface area contributed by atoms with Gasteiger partial charge in [-0.25, -0.2) is 13.1 Å².